The van der Waals surface area contributed by atoms with Gasteiger partial charge in [0.2, 0.25) is 0 Å². The quantitative estimate of drug-likeness (QED) is 0.323. The van der Waals surface area contributed by atoms with Gasteiger partial charge in [-0.2, -0.15) is 5.10 Å². The predicted octanol–water partition coefficient (Wildman–Crippen LogP) is 6.29. The number of anilines is 1. The highest BCUT2D eigenvalue weighted by Gasteiger charge is 2.17. The molecular weight excluding hydrogens is 475 g/mol. The van der Waals surface area contributed by atoms with Crippen LogP contribution in [0, 0.1) is 27.7 Å². The van der Waals surface area contributed by atoms with Crippen molar-refractivity contribution in [3.63, 3.8) is 0 Å². The maximum absolute atomic E-state index is 12.9. The van der Waals surface area contributed by atoms with Gasteiger partial charge in [-0.3, -0.25) is 9.48 Å². The number of hydrogen-bond acceptors (Lipinski definition) is 5. The molecule has 4 aromatic rings. The summed E-state index contributed by atoms with van der Waals surface area (Å²) in [5.74, 6) is 1.14. The Morgan fingerprint density at radius 2 is 1.68 bits per heavy atom. The van der Waals surface area contributed by atoms with E-state index in [0.29, 0.717) is 45.9 Å². The second-order valence-electron chi connectivity index (χ2n) is 7.97. The van der Waals surface area contributed by atoms with Crippen molar-refractivity contribution in [3.05, 3.63) is 92.0 Å². The van der Waals surface area contributed by atoms with Crippen LogP contribution in [0.15, 0.2) is 47.0 Å². The molecule has 0 radical (unpaired) electrons. The van der Waals surface area contributed by atoms with Crippen molar-refractivity contribution in [2.75, 3.05) is 5.32 Å². The van der Waals surface area contributed by atoms with Crippen LogP contribution in [0.5, 0.6) is 5.75 Å². The van der Waals surface area contributed by atoms with Crippen LogP contribution in [0.1, 0.15) is 44.3 Å². The van der Waals surface area contributed by atoms with E-state index in [-0.39, 0.29) is 5.91 Å². The minimum absolute atomic E-state index is 0.237. The molecule has 0 atom stereocenters. The van der Waals surface area contributed by atoms with Crippen molar-refractivity contribution >= 4 is 34.8 Å². The van der Waals surface area contributed by atoms with Crippen LogP contribution in [-0.4, -0.2) is 20.8 Å². The van der Waals surface area contributed by atoms with E-state index in [1.807, 2.05) is 27.7 Å². The van der Waals surface area contributed by atoms with Gasteiger partial charge >= 0.3 is 0 Å². The van der Waals surface area contributed by atoms with Crippen molar-refractivity contribution in [3.8, 4) is 5.75 Å². The summed E-state index contributed by atoms with van der Waals surface area (Å²) < 4.78 is 12.8. The lowest BCUT2D eigenvalue weighted by atomic mass is 10.2. The van der Waals surface area contributed by atoms with Gasteiger partial charge in [0.15, 0.2) is 0 Å². The fourth-order valence-electron chi connectivity index (χ4n) is 3.62. The Labute approximate surface area is 207 Å². The molecule has 0 fully saturated rings. The minimum Gasteiger partial charge on any atom is -0.489 e. The summed E-state index contributed by atoms with van der Waals surface area (Å²) in [6.45, 7) is 8.21. The molecule has 2 aromatic carbocycles. The van der Waals surface area contributed by atoms with E-state index in [4.69, 9.17) is 32.5 Å². The summed E-state index contributed by atoms with van der Waals surface area (Å²) in [6, 6.07) is 12.3. The standard InChI is InChI=1S/C25H24Cl2N4O3/c1-14-21(17(4)34-30-14)13-33-19-10-8-18(9-11-19)25(32)28-24-15(2)29-31(16(24)3)12-20-22(26)6-5-7-23(20)27/h5-11H,12-13H2,1-4H3,(H,28,32). The highest BCUT2D eigenvalue weighted by Crippen LogP contribution is 2.28. The van der Waals surface area contributed by atoms with E-state index in [1.54, 1.807) is 47.1 Å². The lowest BCUT2D eigenvalue weighted by Gasteiger charge is -2.10. The first-order valence-electron chi connectivity index (χ1n) is 10.7. The number of rotatable bonds is 7. The van der Waals surface area contributed by atoms with Crippen LogP contribution >= 0.6 is 23.2 Å². The SMILES string of the molecule is Cc1noc(C)c1COc1ccc(C(=O)Nc2c(C)nn(Cc3c(Cl)cccc3Cl)c2C)cc1. The maximum Gasteiger partial charge on any atom is 0.255 e. The van der Waals surface area contributed by atoms with Crippen LogP contribution < -0.4 is 10.1 Å². The number of aryl methyl sites for hydroxylation is 3. The molecule has 176 valence electrons. The number of amides is 1. The number of nitrogens with zero attached hydrogens (tertiary/aromatic N) is 3. The zero-order valence-electron chi connectivity index (χ0n) is 19.3. The van der Waals surface area contributed by atoms with E-state index in [1.165, 1.54) is 0 Å². The Balaban J connectivity index is 1.44. The van der Waals surface area contributed by atoms with E-state index >= 15 is 0 Å². The molecule has 0 saturated heterocycles. The Morgan fingerprint density at radius 3 is 2.29 bits per heavy atom. The zero-order chi connectivity index (χ0) is 24.4. The molecule has 0 bridgehead atoms. The molecule has 2 aromatic heterocycles. The van der Waals surface area contributed by atoms with Gasteiger partial charge in [-0.05, 0) is 64.1 Å². The number of carbonyl (C=O) groups is 1. The number of halogens is 2. The van der Waals surface area contributed by atoms with Gasteiger partial charge in [0.25, 0.3) is 5.91 Å². The molecule has 0 unspecified atom stereocenters. The van der Waals surface area contributed by atoms with E-state index in [2.05, 4.69) is 15.6 Å². The van der Waals surface area contributed by atoms with Crippen LogP contribution in [-0.2, 0) is 13.2 Å². The van der Waals surface area contributed by atoms with Gasteiger partial charge in [-0.15, -0.1) is 0 Å². The molecular formula is C25H24Cl2N4O3. The average molecular weight is 499 g/mol. The molecule has 0 spiro atoms. The lowest BCUT2D eigenvalue weighted by Crippen LogP contribution is -2.13. The molecule has 34 heavy (non-hydrogen) atoms. The average Bonchev–Trinajstić information content (AvgIpc) is 3.27. The highest BCUT2D eigenvalue weighted by atomic mass is 35.5. The third-order valence-corrected chi connectivity index (χ3v) is 6.38. The number of benzene rings is 2. The molecule has 0 aliphatic rings. The maximum atomic E-state index is 12.9. The number of nitrogens with one attached hydrogen (secondary N) is 1. The van der Waals surface area contributed by atoms with Gasteiger partial charge < -0.3 is 14.6 Å². The van der Waals surface area contributed by atoms with Crippen molar-refractivity contribution in [2.45, 2.75) is 40.8 Å². The van der Waals surface area contributed by atoms with Crippen molar-refractivity contribution in [1.82, 2.24) is 14.9 Å². The summed E-state index contributed by atoms with van der Waals surface area (Å²) in [6.07, 6.45) is 0. The summed E-state index contributed by atoms with van der Waals surface area (Å²) in [5.41, 5.74) is 5.17. The molecule has 4 rings (SSSR count). The number of carbonyl (C=O) groups excluding carboxylic acids is 1. The van der Waals surface area contributed by atoms with Crippen LogP contribution in [0.25, 0.3) is 0 Å². The highest BCUT2D eigenvalue weighted by molar-refractivity contribution is 6.36. The monoisotopic (exact) mass is 498 g/mol. The van der Waals surface area contributed by atoms with E-state index < -0.39 is 0 Å². The topological polar surface area (TPSA) is 82.2 Å². The van der Waals surface area contributed by atoms with Crippen molar-refractivity contribution in [1.29, 1.82) is 0 Å². The predicted molar refractivity (Wildman–Crippen MR) is 132 cm³/mol. The minimum atomic E-state index is -0.237. The van der Waals surface area contributed by atoms with Gasteiger partial charge in [-0.25, -0.2) is 0 Å². The Morgan fingerprint density at radius 1 is 1.00 bits per heavy atom. The summed E-state index contributed by atoms with van der Waals surface area (Å²) in [4.78, 5) is 12.9. The summed E-state index contributed by atoms with van der Waals surface area (Å²) in [5, 5.41) is 12.6. The first-order chi connectivity index (χ1) is 16.2. The fraction of sp³-hybridized carbons (Fsp3) is 0.240. The number of aromatic nitrogens is 3. The third kappa shape index (κ3) is 4.95. The van der Waals surface area contributed by atoms with Crippen LogP contribution in [0.3, 0.4) is 0 Å². The van der Waals surface area contributed by atoms with Gasteiger partial charge in [0.05, 0.1) is 34.9 Å². The smallest absolute Gasteiger partial charge is 0.255 e. The van der Waals surface area contributed by atoms with Crippen molar-refractivity contribution in [2.24, 2.45) is 0 Å². The molecule has 9 heteroatoms. The first-order valence-corrected chi connectivity index (χ1v) is 11.4. The molecule has 2 heterocycles. The van der Waals surface area contributed by atoms with E-state index in [9.17, 15) is 4.79 Å². The number of hydrogen-bond donors (Lipinski definition) is 1. The normalized spacial score (nSPS) is 11.0. The van der Waals surface area contributed by atoms with Gasteiger partial charge in [0, 0.05) is 21.2 Å². The fourth-order valence-corrected chi connectivity index (χ4v) is 4.13. The molecule has 1 amide bonds. The lowest BCUT2D eigenvalue weighted by molar-refractivity contribution is 0.102. The van der Waals surface area contributed by atoms with Crippen LogP contribution in [0.4, 0.5) is 5.69 Å². The van der Waals surface area contributed by atoms with Gasteiger partial charge in [0.1, 0.15) is 18.1 Å². The largest absolute Gasteiger partial charge is 0.489 e. The Kier molecular flexibility index (Phi) is 6.95. The second kappa shape index (κ2) is 9.91. The zero-order valence-corrected chi connectivity index (χ0v) is 20.8. The molecule has 0 saturated carbocycles. The molecule has 1 N–H and O–H groups in total. The Hall–Kier alpha value is -3.29. The van der Waals surface area contributed by atoms with Gasteiger partial charge in [-0.1, -0.05) is 34.4 Å². The van der Waals surface area contributed by atoms with Crippen LogP contribution in [0.2, 0.25) is 10.0 Å². The first kappa shape index (κ1) is 23.9. The summed E-state index contributed by atoms with van der Waals surface area (Å²) >= 11 is 12.6. The molecule has 7 nitrogen and oxygen atoms in total. The van der Waals surface area contributed by atoms with Crippen molar-refractivity contribution < 1.29 is 14.1 Å². The summed E-state index contributed by atoms with van der Waals surface area (Å²) in [7, 11) is 0. The van der Waals surface area contributed by atoms with E-state index in [0.717, 1.165) is 28.3 Å². The third-order valence-electron chi connectivity index (χ3n) is 5.67. The number of ether oxygens (including phenoxy) is 1. The second-order valence-corrected chi connectivity index (χ2v) is 8.79. The molecule has 0 aliphatic carbocycles. The molecule has 0 aliphatic heterocycles. The Bertz CT molecular complexity index is 1300.